The third-order valence-electron chi connectivity index (χ3n) is 2.86. The topological polar surface area (TPSA) is 64.8 Å². The smallest absolute Gasteiger partial charge is 0.257 e. The number of benzene rings is 1. The van der Waals surface area contributed by atoms with Crippen LogP contribution in [0.15, 0.2) is 18.2 Å². The highest BCUT2D eigenvalue weighted by molar-refractivity contribution is 5.98. The van der Waals surface area contributed by atoms with Crippen molar-refractivity contribution >= 4 is 11.6 Å². The van der Waals surface area contributed by atoms with Crippen LogP contribution >= 0.6 is 0 Å². The fraction of sp³-hybridized carbons (Fsp3) is 0.500. The number of hydrogen-bond donors (Lipinski definition) is 1. The minimum absolute atomic E-state index is 0.0913. The summed E-state index contributed by atoms with van der Waals surface area (Å²) < 4.78 is 10.5. The Bertz CT molecular complexity index is 421. The molecule has 1 rings (SSSR count). The molecule has 0 aliphatic heterocycles. The van der Waals surface area contributed by atoms with Gasteiger partial charge in [0.2, 0.25) is 0 Å². The maximum absolute atomic E-state index is 12.4. The Morgan fingerprint density at radius 3 is 2.68 bits per heavy atom. The SMILES string of the molecule is CCOCCN(CC)C(=O)c1cccc(N)c1OC. The van der Waals surface area contributed by atoms with E-state index in [0.717, 1.165) is 0 Å². The molecule has 0 spiro atoms. The Balaban J connectivity index is 2.88. The molecule has 0 unspecified atom stereocenters. The van der Waals surface area contributed by atoms with E-state index in [1.54, 1.807) is 23.1 Å². The van der Waals surface area contributed by atoms with E-state index < -0.39 is 0 Å². The predicted octanol–water partition coefficient (Wildman–Crippen LogP) is 1.78. The first-order valence-corrected chi connectivity index (χ1v) is 6.45. The molecule has 0 fully saturated rings. The van der Waals surface area contributed by atoms with Gasteiger partial charge in [0.05, 0.1) is 25.0 Å². The van der Waals surface area contributed by atoms with Crippen molar-refractivity contribution in [3.05, 3.63) is 23.8 Å². The van der Waals surface area contributed by atoms with Crippen LogP contribution in [0.25, 0.3) is 0 Å². The summed E-state index contributed by atoms with van der Waals surface area (Å²) in [5.41, 5.74) is 6.77. The molecule has 0 aliphatic carbocycles. The maximum Gasteiger partial charge on any atom is 0.257 e. The van der Waals surface area contributed by atoms with Gasteiger partial charge >= 0.3 is 0 Å². The third-order valence-corrected chi connectivity index (χ3v) is 2.86. The lowest BCUT2D eigenvalue weighted by Gasteiger charge is -2.22. The van der Waals surface area contributed by atoms with Gasteiger partial charge in [-0.05, 0) is 26.0 Å². The molecular weight excluding hydrogens is 244 g/mol. The number of nitrogen functional groups attached to an aromatic ring is 1. The van der Waals surface area contributed by atoms with Crippen LogP contribution in [-0.2, 0) is 4.74 Å². The first-order chi connectivity index (χ1) is 9.15. The standard InChI is InChI=1S/C14H22N2O3/c1-4-16(9-10-19-5-2)14(17)11-7-6-8-12(15)13(11)18-3/h6-8H,4-5,9-10,15H2,1-3H3. The zero-order chi connectivity index (χ0) is 14.3. The second kappa shape index (κ2) is 7.63. The number of rotatable bonds is 7. The molecule has 106 valence electrons. The highest BCUT2D eigenvalue weighted by Crippen LogP contribution is 2.26. The molecule has 19 heavy (non-hydrogen) atoms. The number of para-hydroxylation sites is 1. The van der Waals surface area contributed by atoms with Gasteiger partial charge in [0.1, 0.15) is 0 Å². The van der Waals surface area contributed by atoms with Crippen molar-refractivity contribution in [2.24, 2.45) is 0 Å². The van der Waals surface area contributed by atoms with Gasteiger partial charge in [-0.1, -0.05) is 6.07 Å². The van der Waals surface area contributed by atoms with E-state index >= 15 is 0 Å². The van der Waals surface area contributed by atoms with E-state index in [1.165, 1.54) is 7.11 Å². The van der Waals surface area contributed by atoms with Crippen molar-refractivity contribution in [2.75, 3.05) is 39.1 Å². The Morgan fingerprint density at radius 1 is 1.37 bits per heavy atom. The molecule has 0 radical (unpaired) electrons. The third kappa shape index (κ3) is 3.86. The zero-order valence-corrected chi connectivity index (χ0v) is 11.8. The second-order valence-corrected chi connectivity index (χ2v) is 4.01. The molecule has 0 aliphatic rings. The molecule has 5 heteroatoms. The molecule has 5 nitrogen and oxygen atoms in total. The van der Waals surface area contributed by atoms with Crippen LogP contribution in [0.4, 0.5) is 5.69 Å². The Kier molecular flexibility index (Phi) is 6.15. The summed E-state index contributed by atoms with van der Waals surface area (Å²) in [6, 6.07) is 5.19. The number of likely N-dealkylation sites (N-methyl/N-ethyl adjacent to an activating group) is 1. The monoisotopic (exact) mass is 266 g/mol. The Hall–Kier alpha value is -1.75. The van der Waals surface area contributed by atoms with Gasteiger partial charge in [0.15, 0.2) is 5.75 Å². The molecule has 1 aromatic carbocycles. The number of nitrogens with zero attached hydrogens (tertiary/aromatic N) is 1. The van der Waals surface area contributed by atoms with Gasteiger partial charge < -0.3 is 20.1 Å². The van der Waals surface area contributed by atoms with Gasteiger partial charge in [0, 0.05) is 19.7 Å². The van der Waals surface area contributed by atoms with E-state index in [1.807, 2.05) is 13.8 Å². The van der Waals surface area contributed by atoms with Crippen molar-refractivity contribution in [2.45, 2.75) is 13.8 Å². The van der Waals surface area contributed by atoms with Crippen LogP contribution in [0.2, 0.25) is 0 Å². The minimum Gasteiger partial charge on any atom is -0.494 e. The van der Waals surface area contributed by atoms with E-state index in [2.05, 4.69) is 0 Å². The molecule has 0 atom stereocenters. The highest BCUT2D eigenvalue weighted by atomic mass is 16.5. The molecular formula is C14H22N2O3. The minimum atomic E-state index is -0.0913. The molecule has 2 N–H and O–H groups in total. The number of carbonyl (C=O) groups excluding carboxylic acids is 1. The van der Waals surface area contributed by atoms with Crippen molar-refractivity contribution in [1.29, 1.82) is 0 Å². The van der Waals surface area contributed by atoms with Gasteiger partial charge in [-0.3, -0.25) is 4.79 Å². The van der Waals surface area contributed by atoms with Gasteiger partial charge in [-0.15, -0.1) is 0 Å². The lowest BCUT2D eigenvalue weighted by atomic mass is 10.1. The first kappa shape index (κ1) is 15.3. The first-order valence-electron chi connectivity index (χ1n) is 6.45. The lowest BCUT2D eigenvalue weighted by molar-refractivity contribution is 0.0666. The highest BCUT2D eigenvalue weighted by Gasteiger charge is 2.19. The number of methoxy groups -OCH3 is 1. The molecule has 0 saturated heterocycles. The van der Waals surface area contributed by atoms with E-state index in [-0.39, 0.29) is 5.91 Å². The summed E-state index contributed by atoms with van der Waals surface area (Å²) >= 11 is 0. The molecule has 0 heterocycles. The number of amides is 1. The van der Waals surface area contributed by atoms with Gasteiger partial charge in [-0.2, -0.15) is 0 Å². The van der Waals surface area contributed by atoms with Crippen molar-refractivity contribution in [1.82, 2.24) is 4.90 Å². The summed E-state index contributed by atoms with van der Waals surface area (Å²) in [5, 5.41) is 0. The van der Waals surface area contributed by atoms with Crippen molar-refractivity contribution < 1.29 is 14.3 Å². The Morgan fingerprint density at radius 2 is 2.11 bits per heavy atom. The van der Waals surface area contributed by atoms with Crippen molar-refractivity contribution in [3.63, 3.8) is 0 Å². The zero-order valence-electron chi connectivity index (χ0n) is 11.8. The maximum atomic E-state index is 12.4. The summed E-state index contributed by atoms with van der Waals surface area (Å²) in [6.07, 6.45) is 0. The number of nitrogens with two attached hydrogens (primary N) is 1. The largest absolute Gasteiger partial charge is 0.494 e. The number of carbonyl (C=O) groups is 1. The Labute approximate surface area is 114 Å². The normalized spacial score (nSPS) is 10.3. The summed E-state index contributed by atoms with van der Waals surface area (Å²) in [6.45, 7) is 6.21. The molecule has 0 saturated carbocycles. The van der Waals surface area contributed by atoms with Gasteiger partial charge in [-0.25, -0.2) is 0 Å². The molecule has 1 aromatic rings. The van der Waals surface area contributed by atoms with Crippen LogP contribution in [0, 0.1) is 0 Å². The quantitative estimate of drug-likeness (QED) is 0.603. The lowest BCUT2D eigenvalue weighted by Crippen LogP contribution is -2.34. The molecule has 1 amide bonds. The molecule has 0 bridgehead atoms. The van der Waals surface area contributed by atoms with Crippen LogP contribution < -0.4 is 10.5 Å². The fourth-order valence-electron chi connectivity index (χ4n) is 1.84. The summed E-state index contributed by atoms with van der Waals surface area (Å²) in [4.78, 5) is 14.2. The van der Waals surface area contributed by atoms with E-state index in [9.17, 15) is 4.79 Å². The predicted molar refractivity (Wildman–Crippen MR) is 75.5 cm³/mol. The van der Waals surface area contributed by atoms with Crippen LogP contribution in [0.5, 0.6) is 5.75 Å². The average Bonchev–Trinajstić information content (AvgIpc) is 2.42. The average molecular weight is 266 g/mol. The van der Waals surface area contributed by atoms with Crippen LogP contribution in [0.3, 0.4) is 0 Å². The number of hydrogen-bond acceptors (Lipinski definition) is 4. The van der Waals surface area contributed by atoms with E-state index in [4.69, 9.17) is 15.2 Å². The van der Waals surface area contributed by atoms with Crippen molar-refractivity contribution in [3.8, 4) is 5.75 Å². The number of anilines is 1. The van der Waals surface area contributed by atoms with Crippen LogP contribution in [-0.4, -0.2) is 44.2 Å². The van der Waals surface area contributed by atoms with Gasteiger partial charge in [0.25, 0.3) is 5.91 Å². The van der Waals surface area contributed by atoms with E-state index in [0.29, 0.717) is 43.3 Å². The molecule has 0 aromatic heterocycles. The summed E-state index contributed by atoms with van der Waals surface area (Å²) in [5.74, 6) is 0.341. The number of ether oxygens (including phenoxy) is 2. The summed E-state index contributed by atoms with van der Waals surface area (Å²) in [7, 11) is 1.51. The van der Waals surface area contributed by atoms with Crippen LogP contribution in [0.1, 0.15) is 24.2 Å². The fourth-order valence-corrected chi connectivity index (χ4v) is 1.84. The second-order valence-electron chi connectivity index (χ2n) is 4.01.